The Morgan fingerprint density at radius 1 is 0.960 bits per heavy atom. The SMILES string of the molecule is O=C(c1ccc(F)c(F)c1F)N1CCN(Cc2ccccc2Cl)CC1. The van der Waals surface area contributed by atoms with Crippen molar-refractivity contribution in [3.05, 3.63) is 70.0 Å². The van der Waals surface area contributed by atoms with E-state index in [2.05, 4.69) is 4.90 Å². The van der Waals surface area contributed by atoms with Crippen molar-refractivity contribution in [2.24, 2.45) is 0 Å². The summed E-state index contributed by atoms with van der Waals surface area (Å²) in [6.07, 6.45) is 0. The van der Waals surface area contributed by atoms with Crippen LogP contribution < -0.4 is 0 Å². The summed E-state index contributed by atoms with van der Waals surface area (Å²) in [6.45, 7) is 2.58. The van der Waals surface area contributed by atoms with Gasteiger partial charge in [-0.3, -0.25) is 9.69 Å². The third kappa shape index (κ3) is 3.80. The highest BCUT2D eigenvalue weighted by atomic mass is 35.5. The number of benzene rings is 2. The number of hydrogen-bond donors (Lipinski definition) is 0. The Kier molecular flexibility index (Phi) is 5.30. The fourth-order valence-corrected chi connectivity index (χ4v) is 3.03. The van der Waals surface area contributed by atoms with Gasteiger partial charge < -0.3 is 4.90 Å². The zero-order valence-electron chi connectivity index (χ0n) is 13.3. The summed E-state index contributed by atoms with van der Waals surface area (Å²) in [7, 11) is 0. The maximum atomic E-state index is 13.8. The van der Waals surface area contributed by atoms with Gasteiger partial charge in [0.1, 0.15) is 0 Å². The van der Waals surface area contributed by atoms with E-state index >= 15 is 0 Å². The van der Waals surface area contributed by atoms with Gasteiger partial charge in [0.25, 0.3) is 5.91 Å². The van der Waals surface area contributed by atoms with Crippen molar-refractivity contribution < 1.29 is 18.0 Å². The first-order chi connectivity index (χ1) is 12.0. The predicted octanol–water partition coefficient (Wildman–Crippen LogP) is 3.72. The standard InChI is InChI=1S/C18H16ClF3N2O/c19-14-4-2-1-3-12(14)11-23-7-9-24(10-8-23)18(25)13-5-6-15(20)17(22)16(13)21/h1-6H,7-11H2. The molecule has 0 unspecified atom stereocenters. The lowest BCUT2D eigenvalue weighted by molar-refractivity contribution is 0.0622. The number of carbonyl (C=O) groups is 1. The van der Waals surface area contributed by atoms with E-state index in [4.69, 9.17) is 11.6 Å². The van der Waals surface area contributed by atoms with Crippen LogP contribution in [0.4, 0.5) is 13.2 Å². The van der Waals surface area contributed by atoms with E-state index in [1.165, 1.54) is 4.90 Å². The van der Waals surface area contributed by atoms with Crippen molar-refractivity contribution in [2.45, 2.75) is 6.54 Å². The molecular weight excluding hydrogens is 353 g/mol. The number of carbonyl (C=O) groups excluding carboxylic acids is 1. The fraction of sp³-hybridized carbons (Fsp3) is 0.278. The van der Waals surface area contributed by atoms with Gasteiger partial charge in [-0.15, -0.1) is 0 Å². The second-order valence-corrected chi connectivity index (χ2v) is 6.29. The molecule has 0 bridgehead atoms. The minimum absolute atomic E-state index is 0.377. The van der Waals surface area contributed by atoms with Gasteiger partial charge in [0.15, 0.2) is 17.5 Å². The molecule has 1 heterocycles. The third-order valence-electron chi connectivity index (χ3n) is 4.28. The molecule has 0 atom stereocenters. The molecule has 1 amide bonds. The smallest absolute Gasteiger partial charge is 0.257 e. The van der Waals surface area contributed by atoms with Crippen LogP contribution in [-0.4, -0.2) is 41.9 Å². The van der Waals surface area contributed by atoms with Crippen molar-refractivity contribution in [1.82, 2.24) is 9.80 Å². The Hall–Kier alpha value is -2.05. The van der Waals surface area contributed by atoms with Gasteiger partial charge in [0.2, 0.25) is 0 Å². The maximum Gasteiger partial charge on any atom is 0.257 e. The van der Waals surface area contributed by atoms with Crippen LogP contribution >= 0.6 is 11.6 Å². The van der Waals surface area contributed by atoms with Crippen molar-refractivity contribution in [2.75, 3.05) is 26.2 Å². The number of hydrogen-bond acceptors (Lipinski definition) is 2. The molecule has 1 aliphatic heterocycles. The highest BCUT2D eigenvalue weighted by Gasteiger charge is 2.26. The van der Waals surface area contributed by atoms with E-state index in [1.807, 2.05) is 24.3 Å². The van der Waals surface area contributed by atoms with Crippen LogP contribution in [0.15, 0.2) is 36.4 Å². The highest BCUT2D eigenvalue weighted by molar-refractivity contribution is 6.31. The lowest BCUT2D eigenvalue weighted by Crippen LogP contribution is -2.48. The van der Waals surface area contributed by atoms with E-state index < -0.39 is 28.9 Å². The second kappa shape index (κ2) is 7.45. The molecule has 2 aromatic rings. The highest BCUT2D eigenvalue weighted by Crippen LogP contribution is 2.20. The first-order valence-electron chi connectivity index (χ1n) is 7.86. The number of amides is 1. The normalized spacial score (nSPS) is 15.4. The first kappa shape index (κ1) is 17.8. The monoisotopic (exact) mass is 368 g/mol. The number of rotatable bonds is 3. The molecule has 3 rings (SSSR count). The third-order valence-corrected chi connectivity index (χ3v) is 4.65. The van der Waals surface area contributed by atoms with Gasteiger partial charge in [-0.2, -0.15) is 0 Å². The summed E-state index contributed by atoms with van der Waals surface area (Å²) in [5.41, 5.74) is 0.550. The van der Waals surface area contributed by atoms with Crippen molar-refractivity contribution in [3.63, 3.8) is 0 Å². The first-order valence-corrected chi connectivity index (χ1v) is 8.23. The van der Waals surface area contributed by atoms with Crippen LogP contribution in [-0.2, 0) is 6.54 Å². The van der Waals surface area contributed by atoms with Gasteiger partial charge in [-0.1, -0.05) is 29.8 Å². The van der Waals surface area contributed by atoms with Gasteiger partial charge in [0, 0.05) is 37.7 Å². The molecule has 0 aliphatic carbocycles. The number of nitrogens with zero attached hydrogens (tertiary/aromatic N) is 2. The number of halogens is 4. The molecule has 0 spiro atoms. The predicted molar refractivity (Wildman–Crippen MR) is 88.9 cm³/mol. The minimum atomic E-state index is -1.62. The molecule has 25 heavy (non-hydrogen) atoms. The topological polar surface area (TPSA) is 23.6 Å². The molecule has 1 saturated heterocycles. The Bertz CT molecular complexity index is 792. The van der Waals surface area contributed by atoms with Crippen LogP contribution in [0.1, 0.15) is 15.9 Å². The van der Waals surface area contributed by atoms with Crippen molar-refractivity contribution >= 4 is 17.5 Å². The Morgan fingerprint density at radius 3 is 2.32 bits per heavy atom. The van der Waals surface area contributed by atoms with E-state index in [0.29, 0.717) is 37.7 Å². The maximum absolute atomic E-state index is 13.8. The quantitative estimate of drug-likeness (QED) is 0.771. The average molecular weight is 369 g/mol. The lowest BCUT2D eigenvalue weighted by atomic mass is 10.1. The largest absolute Gasteiger partial charge is 0.336 e. The fourth-order valence-electron chi connectivity index (χ4n) is 2.84. The molecule has 7 heteroatoms. The van der Waals surface area contributed by atoms with Gasteiger partial charge in [0.05, 0.1) is 5.56 Å². The second-order valence-electron chi connectivity index (χ2n) is 5.88. The molecule has 0 saturated carbocycles. The van der Waals surface area contributed by atoms with Crippen LogP contribution in [0, 0.1) is 17.5 Å². The van der Waals surface area contributed by atoms with E-state index in [1.54, 1.807) is 0 Å². The summed E-state index contributed by atoms with van der Waals surface area (Å²) in [6, 6.07) is 9.27. The van der Waals surface area contributed by atoms with E-state index in [0.717, 1.165) is 17.7 Å². The minimum Gasteiger partial charge on any atom is -0.336 e. The van der Waals surface area contributed by atoms with Crippen LogP contribution in [0.25, 0.3) is 0 Å². The summed E-state index contributed by atoms with van der Waals surface area (Å²) in [5.74, 6) is -5.00. The van der Waals surface area contributed by atoms with E-state index in [9.17, 15) is 18.0 Å². The van der Waals surface area contributed by atoms with Crippen molar-refractivity contribution in [3.8, 4) is 0 Å². The molecule has 132 valence electrons. The van der Waals surface area contributed by atoms with Crippen LogP contribution in [0.2, 0.25) is 5.02 Å². The van der Waals surface area contributed by atoms with Crippen LogP contribution in [0.5, 0.6) is 0 Å². The Morgan fingerprint density at radius 2 is 1.64 bits per heavy atom. The molecule has 3 nitrogen and oxygen atoms in total. The Labute approximate surface area is 148 Å². The zero-order valence-corrected chi connectivity index (χ0v) is 14.1. The summed E-state index contributed by atoms with van der Waals surface area (Å²) in [4.78, 5) is 15.9. The summed E-state index contributed by atoms with van der Waals surface area (Å²) < 4.78 is 40.1. The molecule has 2 aromatic carbocycles. The van der Waals surface area contributed by atoms with Crippen LogP contribution in [0.3, 0.4) is 0 Å². The van der Waals surface area contributed by atoms with Gasteiger partial charge >= 0.3 is 0 Å². The van der Waals surface area contributed by atoms with Gasteiger partial charge in [-0.05, 0) is 23.8 Å². The van der Waals surface area contributed by atoms with Gasteiger partial charge in [-0.25, -0.2) is 13.2 Å². The average Bonchev–Trinajstić information content (AvgIpc) is 2.62. The molecular formula is C18H16ClF3N2O. The molecule has 1 fully saturated rings. The molecule has 1 aliphatic rings. The lowest BCUT2D eigenvalue weighted by Gasteiger charge is -2.35. The summed E-state index contributed by atoms with van der Waals surface area (Å²) in [5, 5.41) is 0.685. The number of piperazine rings is 1. The van der Waals surface area contributed by atoms with E-state index in [-0.39, 0.29) is 0 Å². The molecule has 0 radical (unpaired) electrons. The zero-order chi connectivity index (χ0) is 18.0. The Balaban J connectivity index is 1.63. The molecule has 0 N–H and O–H groups in total. The summed E-state index contributed by atoms with van der Waals surface area (Å²) >= 11 is 6.15. The van der Waals surface area contributed by atoms with Crippen molar-refractivity contribution in [1.29, 1.82) is 0 Å². The molecule has 0 aromatic heterocycles.